The fourth-order valence-electron chi connectivity index (χ4n) is 9.82. The van der Waals surface area contributed by atoms with Crippen LogP contribution in [0.3, 0.4) is 0 Å². The fourth-order valence-corrected chi connectivity index (χ4v) is 9.82. The highest BCUT2D eigenvalue weighted by Crippen LogP contribution is 2.67. The van der Waals surface area contributed by atoms with E-state index >= 15 is 0 Å². The van der Waals surface area contributed by atoms with Crippen molar-refractivity contribution >= 4 is 12.0 Å². The summed E-state index contributed by atoms with van der Waals surface area (Å²) in [7, 11) is 0. The first kappa shape index (κ1) is 29.4. The number of ether oxygens (including phenoxy) is 1. The van der Waals surface area contributed by atoms with E-state index in [1.54, 1.807) is 17.7 Å². The Morgan fingerprint density at radius 2 is 1.77 bits per heavy atom. The monoisotopic (exact) mass is 542 g/mol. The Balaban J connectivity index is 1.18. The van der Waals surface area contributed by atoms with Gasteiger partial charge in [-0.3, -0.25) is 0 Å². The molecule has 40 heavy (non-hydrogen) atoms. The van der Waals surface area contributed by atoms with Crippen LogP contribution in [0.15, 0.2) is 60.2 Å². The standard InChI is InChI=1S/C38H54O2/c1-27(2)12-11-13-28(3)33-20-21-34-32-19-18-30-26-31(22-24-37(30,4)35(32)23-25-38(33,34)5)40-36(39)17-10-9-16-29-14-7-6-8-15-29/h6-10,14-18,27-28,31-35H,11-13,19-26H2,1-5H3/b16-9+,17-10+/t28-,31-,32+,33-,34-,35+,37-,38+/m0/s1. The van der Waals surface area contributed by atoms with Gasteiger partial charge in [0.1, 0.15) is 6.10 Å². The predicted molar refractivity (Wildman–Crippen MR) is 168 cm³/mol. The van der Waals surface area contributed by atoms with E-state index in [2.05, 4.69) is 52.8 Å². The Morgan fingerprint density at radius 3 is 2.55 bits per heavy atom. The molecule has 0 unspecified atom stereocenters. The van der Waals surface area contributed by atoms with E-state index in [1.165, 1.54) is 51.4 Å². The van der Waals surface area contributed by atoms with E-state index in [0.717, 1.165) is 60.3 Å². The first-order valence-electron chi connectivity index (χ1n) is 16.5. The minimum absolute atomic E-state index is 0.0162. The van der Waals surface area contributed by atoms with E-state index in [1.807, 2.05) is 30.4 Å². The van der Waals surface area contributed by atoms with Crippen LogP contribution in [-0.2, 0) is 9.53 Å². The van der Waals surface area contributed by atoms with Gasteiger partial charge in [-0.15, -0.1) is 0 Å². The number of fused-ring (bicyclic) bond motifs is 5. The molecule has 0 aromatic heterocycles. The van der Waals surface area contributed by atoms with Gasteiger partial charge in [-0.05, 0) is 96.8 Å². The molecular weight excluding hydrogens is 488 g/mol. The Kier molecular flexibility index (Phi) is 9.13. The molecule has 4 aliphatic rings. The molecular formula is C38H54O2. The highest BCUT2D eigenvalue weighted by atomic mass is 16.5. The van der Waals surface area contributed by atoms with Crippen LogP contribution >= 0.6 is 0 Å². The van der Waals surface area contributed by atoms with Gasteiger partial charge < -0.3 is 4.74 Å². The van der Waals surface area contributed by atoms with Crippen molar-refractivity contribution in [2.45, 2.75) is 111 Å². The number of rotatable bonds is 9. The minimum atomic E-state index is -0.214. The smallest absolute Gasteiger partial charge is 0.331 e. The molecule has 4 aliphatic carbocycles. The zero-order chi connectivity index (χ0) is 28.3. The summed E-state index contributed by atoms with van der Waals surface area (Å²) in [6.07, 6.45) is 24.1. The van der Waals surface area contributed by atoms with Crippen molar-refractivity contribution in [3.05, 3.63) is 65.8 Å². The molecule has 1 aromatic rings. The zero-order valence-corrected chi connectivity index (χ0v) is 25.9. The molecule has 3 saturated carbocycles. The minimum Gasteiger partial charge on any atom is -0.459 e. The van der Waals surface area contributed by atoms with Crippen LogP contribution in [0.5, 0.6) is 0 Å². The lowest BCUT2D eigenvalue weighted by molar-refractivity contribution is -0.145. The lowest BCUT2D eigenvalue weighted by atomic mass is 9.47. The van der Waals surface area contributed by atoms with E-state index in [0.29, 0.717) is 10.8 Å². The van der Waals surface area contributed by atoms with Crippen LogP contribution in [0.2, 0.25) is 0 Å². The van der Waals surface area contributed by atoms with Crippen LogP contribution in [-0.4, -0.2) is 12.1 Å². The fraction of sp³-hybridized carbons (Fsp3) is 0.658. The van der Waals surface area contributed by atoms with Crippen molar-refractivity contribution in [1.29, 1.82) is 0 Å². The summed E-state index contributed by atoms with van der Waals surface area (Å²) < 4.78 is 5.95. The maximum Gasteiger partial charge on any atom is 0.331 e. The molecule has 0 heterocycles. The third-order valence-electron chi connectivity index (χ3n) is 12.0. The Hall–Kier alpha value is -2.09. The number of allylic oxidation sites excluding steroid dienone is 3. The van der Waals surface area contributed by atoms with Crippen molar-refractivity contribution in [2.24, 2.45) is 46.3 Å². The summed E-state index contributed by atoms with van der Waals surface area (Å²) in [4.78, 5) is 12.6. The maximum absolute atomic E-state index is 12.6. The van der Waals surface area contributed by atoms with Crippen LogP contribution in [0, 0.1) is 46.3 Å². The van der Waals surface area contributed by atoms with Crippen LogP contribution in [0.1, 0.15) is 111 Å². The molecule has 0 bridgehead atoms. The van der Waals surface area contributed by atoms with Gasteiger partial charge in [0, 0.05) is 12.5 Å². The van der Waals surface area contributed by atoms with Gasteiger partial charge in [0.2, 0.25) is 0 Å². The summed E-state index contributed by atoms with van der Waals surface area (Å²) in [5, 5.41) is 0. The van der Waals surface area contributed by atoms with Crippen molar-refractivity contribution in [3.63, 3.8) is 0 Å². The van der Waals surface area contributed by atoms with Gasteiger partial charge in [-0.2, -0.15) is 0 Å². The Labute approximate surface area is 244 Å². The van der Waals surface area contributed by atoms with Crippen molar-refractivity contribution in [2.75, 3.05) is 0 Å². The largest absolute Gasteiger partial charge is 0.459 e. The average Bonchev–Trinajstić information content (AvgIpc) is 3.29. The predicted octanol–water partition coefficient (Wildman–Crippen LogP) is 10.2. The zero-order valence-electron chi connectivity index (χ0n) is 25.9. The van der Waals surface area contributed by atoms with Crippen LogP contribution < -0.4 is 0 Å². The number of hydrogen-bond donors (Lipinski definition) is 0. The quantitative estimate of drug-likeness (QED) is 0.134. The second-order valence-corrected chi connectivity index (χ2v) is 14.7. The highest BCUT2D eigenvalue weighted by Gasteiger charge is 2.59. The second-order valence-electron chi connectivity index (χ2n) is 14.7. The highest BCUT2D eigenvalue weighted by molar-refractivity contribution is 5.82. The maximum atomic E-state index is 12.6. The summed E-state index contributed by atoms with van der Waals surface area (Å²) >= 11 is 0. The summed E-state index contributed by atoms with van der Waals surface area (Å²) in [5.41, 5.74) is 3.55. The van der Waals surface area contributed by atoms with Gasteiger partial charge in [0.15, 0.2) is 0 Å². The average molecular weight is 543 g/mol. The first-order valence-corrected chi connectivity index (χ1v) is 16.5. The van der Waals surface area contributed by atoms with Gasteiger partial charge in [-0.25, -0.2) is 4.79 Å². The first-order chi connectivity index (χ1) is 19.2. The molecule has 0 aliphatic heterocycles. The molecule has 3 fully saturated rings. The molecule has 0 saturated heterocycles. The van der Waals surface area contributed by atoms with E-state index in [9.17, 15) is 4.79 Å². The van der Waals surface area contributed by atoms with Gasteiger partial charge in [0.05, 0.1) is 0 Å². The molecule has 1 aromatic carbocycles. The van der Waals surface area contributed by atoms with Crippen molar-refractivity contribution < 1.29 is 9.53 Å². The van der Waals surface area contributed by atoms with Crippen molar-refractivity contribution in [3.8, 4) is 0 Å². The van der Waals surface area contributed by atoms with E-state index < -0.39 is 0 Å². The third-order valence-corrected chi connectivity index (χ3v) is 12.0. The topological polar surface area (TPSA) is 26.3 Å². The van der Waals surface area contributed by atoms with E-state index in [-0.39, 0.29) is 12.1 Å². The number of hydrogen-bond acceptors (Lipinski definition) is 2. The summed E-state index contributed by atoms with van der Waals surface area (Å²) in [5.74, 6) is 4.93. The molecule has 2 nitrogen and oxygen atoms in total. The molecule has 8 atom stereocenters. The lowest BCUT2D eigenvalue weighted by Gasteiger charge is -2.58. The molecule has 2 heteroatoms. The summed E-state index contributed by atoms with van der Waals surface area (Å²) in [6.45, 7) is 12.5. The second kappa shape index (κ2) is 12.4. The van der Waals surface area contributed by atoms with Crippen LogP contribution in [0.4, 0.5) is 0 Å². The Morgan fingerprint density at radius 1 is 0.975 bits per heavy atom. The number of carbonyl (C=O) groups excluding carboxylic acids is 1. The normalized spacial score (nSPS) is 36.2. The molecule has 5 rings (SSSR count). The number of carbonyl (C=O) groups is 1. The SMILES string of the molecule is CC(C)CCC[C@H](C)[C@@H]1CC[C@H]2[C@H]3CC=C4C[C@@H](OC(=O)/C=C/C=C/c5ccccc5)CC[C@]4(C)[C@@H]3CC[C@@]21C. The molecule has 218 valence electrons. The third kappa shape index (κ3) is 6.07. The van der Waals surface area contributed by atoms with Crippen molar-refractivity contribution in [1.82, 2.24) is 0 Å². The molecule has 0 spiro atoms. The molecule has 0 N–H and O–H groups in total. The van der Waals surface area contributed by atoms with Crippen LogP contribution in [0.25, 0.3) is 6.08 Å². The molecule has 0 radical (unpaired) electrons. The van der Waals surface area contributed by atoms with E-state index in [4.69, 9.17) is 4.74 Å². The lowest BCUT2D eigenvalue weighted by Crippen LogP contribution is -2.51. The summed E-state index contributed by atoms with van der Waals surface area (Å²) in [6, 6.07) is 10.1. The van der Waals surface area contributed by atoms with Gasteiger partial charge in [-0.1, -0.05) is 114 Å². The molecule has 0 amide bonds. The number of esters is 1. The van der Waals surface area contributed by atoms with Gasteiger partial charge >= 0.3 is 5.97 Å². The Bertz CT molecular complexity index is 1100. The van der Waals surface area contributed by atoms with Gasteiger partial charge in [0.25, 0.3) is 0 Å². The number of benzene rings is 1.